The molecular weight excluding hydrogens is 262 g/mol. The molecule has 5 heteroatoms. The van der Waals surface area contributed by atoms with Gasteiger partial charge in [0.2, 0.25) is 0 Å². The Labute approximate surface area is 118 Å². The summed E-state index contributed by atoms with van der Waals surface area (Å²) in [4.78, 5) is 6.75. The maximum absolute atomic E-state index is 6.03. The fraction of sp³-hybridized carbons (Fsp3) is 0.500. The topological polar surface area (TPSA) is 30.3 Å². The number of rotatable bonds is 5. The lowest BCUT2D eigenvalue weighted by Gasteiger charge is -2.21. The van der Waals surface area contributed by atoms with Crippen molar-refractivity contribution in [3.63, 3.8) is 0 Å². The summed E-state index contributed by atoms with van der Waals surface area (Å²) in [5, 5.41) is 0. The third kappa shape index (κ3) is 2.85. The Morgan fingerprint density at radius 2 is 2.16 bits per heavy atom. The van der Waals surface area contributed by atoms with Crippen LogP contribution in [0.1, 0.15) is 18.8 Å². The van der Waals surface area contributed by atoms with Gasteiger partial charge in [0.25, 0.3) is 0 Å². The van der Waals surface area contributed by atoms with Crippen molar-refractivity contribution in [1.82, 2.24) is 14.5 Å². The molecule has 2 aromatic rings. The van der Waals surface area contributed by atoms with Gasteiger partial charge in [0.15, 0.2) is 0 Å². The summed E-state index contributed by atoms with van der Waals surface area (Å²) >= 11 is 6.03. The van der Waals surface area contributed by atoms with Crippen LogP contribution >= 0.6 is 11.6 Å². The van der Waals surface area contributed by atoms with E-state index in [9.17, 15) is 0 Å². The maximum Gasteiger partial charge on any atom is 0.125 e. The normalized spacial score (nSPS) is 13.2. The van der Waals surface area contributed by atoms with Gasteiger partial charge in [-0.25, -0.2) is 4.98 Å². The number of benzene rings is 1. The quantitative estimate of drug-likeness (QED) is 0.790. The van der Waals surface area contributed by atoms with E-state index in [1.807, 2.05) is 18.2 Å². The van der Waals surface area contributed by atoms with Gasteiger partial charge < -0.3 is 14.2 Å². The molecule has 1 aromatic heterocycles. The van der Waals surface area contributed by atoms with Crippen molar-refractivity contribution in [2.75, 3.05) is 27.7 Å². The first kappa shape index (κ1) is 14.2. The van der Waals surface area contributed by atoms with Crippen molar-refractivity contribution in [1.29, 1.82) is 0 Å². The molecule has 1 heterocycles. The predicted molar refractivity (Wildman–Crippen MR) is 79.1 cm³/mol. The third-order valence-corrected chi connectivity index (χ3v) is 3.40. The van der Waals surface area contributed by atoms with Crippen LogP contribution in [-0.2, 0) is 5.88 Å². The van der Waals surface area contributed by atoms with E-state index in [1.165, 1.54) is 0 Å². The Bertz CT molecular complexity index is 565. The summed E-state index contributed by atoms with van der Waals surface area (Å²) < 4.78 is 7.50. The zero-order valence-electron chi connectivity index (χ0n) is 11.9. The van der Waals surface area contributed by atoms with Gasteiger partial charge in [-0.05, 0) is 33.2 Å². The van der Waals surface area contributed by atoms with Crippen molar-refractivity contribution < 1.29 is 4.74 Å². The summed E-state index contributed by atoms with van der Waals surface area (Å²) in [7, 11) is 5.81. The molecule has 104 valence electrons. The van der Waals surface area contributed by atoms with E-state index < -0.39 is 0 Å². The number of likely N-dealkylation sites (N-methyl/N-ethyl adjacent to an activating group) is 1. The minimum atomic E-state index is 0.306. The molecule has 1 aromatic carbocycles. The lowest BCUT2D eigenvalue weighted by molar-refractivity contribution is 0.337. The lowest BCUT2D eigenvalue weighted by Crippen LogP contribution is -2.23. The van der Waals surface area contributed by atoms with E-state index in [-0.39, 0.29) is 0 Å². The van der Waals surface area contributed by atoms with Crippen LogP contribution < -0.4 is 4.74 Å². The van der Waals surface area contributed by atoms with Crippen molar-refractivity contribution in [3.8, 4) is 5.75 Å². The standard InChI is InChI=1S/C14H20ClN3O/c1-10(9-17(2)3)18-13-7-11(19-4)5-6-12(13)16-14(18)8-15/h5-7,10H,8-9H2,1-4H3. The van der Waals surface area contributed by atoms with E-state index in [0.717, 1.165) is 29.2 Å². The van der Waals surface area contributed by atoms with Gasteiger partial charge in [0, 0.05) is 18.7 Å². The molecular formula is C14H20ClN3O. The Balaban J connectivity index is 2.54. The van der Waals surface area contributed by atoms with Crippen LogP contribution in [-0.4, -0.2) is 42.2 Å². The number of halogens is 1. The largest absolute Gasteiger partial charge is 0.497 e. The molecule has 1 unspecified atom stereocenters. The van der Waals surface area contributed by atoms with Gasteiger partial charge in [-0.3, -0.25) is 0 Å². The number of hydrogen-bond acceptors (Lipinski definition) is 3. The Morgan fingerprint density at radius 3 is 2.74 bits per heavy atom. The van der Waals surface area contributed by atoms with Crippen LogP contribution in [0.15, 0.2) is 18.2 Å². The minimum Gasteiger partial charge on any atom is -0.497 e. The van der Waals surface area contributed by atoms with E-state index in [4.69, 9.17) is 16.3 Å². The molecule has 2 rings (SSSR count). The first-order valence-corrected chi connectivity index (χ1v) is 6.85. The zero-order chi connectivity index (χ0) is 14.0. The first-order chi connectivity index (χ1) is 9.06. The van der Waals surface area contributed by atoms with Crippen LogP contribution in [0.2, 0.25) is 0 Å². The van der Waals surface area contributed by atoms with E-state index >= 15 is 0 Å². The van der Waals surface area contributed by atoms with Gasteiger partial charge in [-0.2, -0.15) is 0 Å². The molecule has 0 radical (unpaired) electrons. The van der Waals surface area contributed by atoms with Crippen molar-refractivity contribution in [3.05, 3.63) is 24.0 Å². The number of imidazole rings is 1. The van der Waals surface area contributed by atoms with E-state index in [0.29, 0.717) is 11.9 Å². The van der Waals surface area contributed by atoms with Gasteiger partial charge in [0.1, 0.15) is 11.6 Å². The number of methoxy groups -OCH3 is 1. The van der Waals surface area contributed by atoms with Crippen LogP contribution in [0.4, 0.5) is 0 Å². The van der Waals surface area contributed by atoms with Gasteiger partial charge in [0.05, 0.1) is 24.0 Å². The summed E-state index contributed by atoms with van der Waals surface area (Å²) in [5.41, 5.74) is 2.03. The fourth-order valence-corrected chi connectivity index (χ4v) is 2.63. The third-order valence-electron chi connectivity index (χ3n) is 3.16. The van der Waals surface area contributed by atoms with Gasteiger partial charge >= 0.3 is 0 Å². The molecule has 0 amide bonds. The van der Waals surface area contributed by atoms with E-state index in [2.05, 4.69) is 35.5 Å². The maximum atomic E-state index is 6.03. The Morgan fingerprint density at radius 1 is 1.42 bits per heavy atom. The van der Waals surface area contributed by atoms with E-state index in [1.54, 1.807) is 7.11 Å². The average molecular weight is 282 g/mol. The fourth-order valence-electron chi connectivity index (χ4n) is 2.45. The highest BCUT2D eigenvalue weighted by Crippen LogP contribution is 2.26. The zero-order valence-corrected chi connectivity index (χ0v) is 12.6. The average Bonchev–Trinajstić information content (AvgIpc) is 2.74. The second-order valence-corrected chi connectivity index (χ2v) is 5.26. The SMILES string of the molecule is COc1ccc2nc(CCl)n(C(C)CN(C)C)c2c1. The number of aromatic nitrogens is 2. The minimum absolute atomic E-state index is 0.306. The number of nitrogens with zero attached hydrogens (tertiary/aromatic N) is 3. The van der Waals surface area contributed by atoms with Gasteiger partial charge in [-0.1, -0.05) is 0 Å². The molecule has 0 aliphatic heterocycles. The number of hydrogen-bond donors (Lipinski definition) is 0. The van der Waals surface area contributed by atoms with Crippen LogP contribution in [0, 0.1) is 0 Å². The predicted octanol–water partition coefficient (Wildman–Crippen LogP) is 2.91. The van der Waals surface area contributed by atoms with Gasteiger partial charge in [-0.15, -0.1) is 11.6 Å². The van der Waals surface area contributed by atoms with Crippen LogP contribution in [0.5, 0.6) is 5.75 Å². The Hall–Kier alpha value is -1.26. The van der Waals surface area contributed by atoms with Crippen molar-refractivity contribution >= 4 is 22.6 Å². The highest BCUT2D eigenvalue weighted by Gasteiger charge is 2.16. The second-order valence-electron chi connectivity index (χ2n) is 5.00. The molecule has 19 heavy (non-hydrogen) atoms. The molecule has 0 N–H and O–H groups in total. The highest BCUT2D eigenvalue weighted by molar-refractivity contribution is 6.16. The first-order valence-electron chi connectivity index (χ1n) is 6.32. The summed E-state index contributed by atoms with van der Waals surface area (Å²) in [5.74, 6) is 2.15. The number of fused-ring (bicyclic) bond motifs is 1. The smallest absolute Gasteiger partial charge is 0.125 e. The highest BCUT2D eigenvalue weighted by atomic mass is 35.5. The molecule has 0 spiro atoms. The molecule has 1 atom stereocenters. The Kier molecular flexibility index (Phi) is 4.32. The second kappa shape index (κ2) is 5.80. The van der Waals surface area contributed by atoms with Crippen molar-refractivity contribution in [2.45, 2.75) is 18.8 Å². The molecule has 0 fully saturated rings. The van der Waals surface area contributed by atoms with Crippen LogP contribution in [0.25, 0.3) is 11.0 Å². The van der Waals surface area contributed by atoms with Crippen molar-refractivity contribution in [2.24, 2.45) is 0 Å². The number of alkyl halides is 1. The monoisotopic (exact) mass is 281 g/mol. The molecule has 0 saturated carbocycles. The molecule has 0 bridgehead atoms. The molecule has 4 nitrogen and oxygen atoms in total. The number of ether oxygens (including phenoxy) is 1. The summed E-state index contributed by atoms with van der Waals surface area (Å²) in [6.07, 6.45) is 0. The molecule has 0 aliphatic rings. The lowest BCUT2D eigenvalue weighted by atomic mass is 10.2. The molecule has 0 saturated heterocycles. The summed E-state index contributed by atoms with van der Waals surface area (Å²) in [6, 6.07) is 6.22. The molecule has 0 aliphatic carbocycles. The summed E-state index contributed by atoms with van der Waals surface area (Å²) in [6.45, 7) is 3.11. The van der Waals surface area contributed by atoms with Crippen LogP contribution in [0.3, 0.4) is 0 Å².